The first-order valence-electron chi connectivity index (χ1n) is 7.53. The second kappa shape index (κ2) is 5.97. The summed E-state index contributed by atoms with van der Waals surface area (Å²) in [6.07, 6.45) is 8.21. The number of aromatic nitrogens is 2. The molecule has 0 unspecified atom stereocenters. The molecule has 0 N–H and O–H groups in total. The molecule has 2 aliphatic rings. The Balaban J connectivity index is 1.63. The predicted molar refractivity (Wildman–Crippen MR) is 74.0 cm³/mol. The first-order valence-corrected chi connectivity index (χ1v) is 7.53. The fourth-order valence-corrected chi connectivity index (χ4v) is 2.96. The van der Waals surface area contributed by atoms with Gasteiger partial charge in [-0.15, -0.1) is 0 Å². The van der Waals surface area contributed by atoms with E-state index in [-0.39, 0.29) is 0 Å². The molecular weight excluding hydrogens is 238 g/mol. The lowest BCUT2D eigenvalue weighted by atomic mass is 10.0. The Bertz CT molecular complexity index is 429. The second-order valence-electron chi connectivity index (χ2n) is 5.59. The number of nitrogens with zero attached hydrogens (tertiary/aromatic N) is 3. The van der Waals surface area contributed by atoms with Crippen molar-refractivity contribution in [2.24, 2.45) is 0 Å². The zero-order valence-electron chi connectivity index (χ0n) is 11.8. The molecule has 1 fully saturated rings. The Morgan fingerprint density at radius 2 is 2.37 bits per heavy atom. The quantitative estimate of drug-likeness (QED) is 0.834. The SMILES string of the molecule is CCc1ncc2c(n1)CN(C[C@@H]1CCCCO1)CC2. The Morgan fingerprint density at radius 3 is 3.16 bits per heavy atom. The van der Waals surface area contributed by atoms with Crippen LogP contribution < -0.4 is 0 Å². The summed E-state index contributed by atoms with van der Waals surface area (Å²) in [5.41, 5.74) is 2.56. The van der Waals surface area contributed by atoms with E-state index < -0.39 is 0 Å². The molecule has 0 bridgehead atoms. The largest absolute Gasteiger partial charge is 0.377 e. The van der Waals surface area contributed by atoms with Gasteiger partial charge in [-0.25, -0.2) is 9.97 Å². The van der Waals surface area contributed by atoms with Crippen LogP contribution in [0.2, 0.25) is 0 Å². The topological polar surface area (TPSA) is 38.2 Å². The predicted octanol–water partition coefficient (Wildman–Crippen LogP) is 1.97. The average molecular weight is 261 g/mol. The van der Waals surface area contributed by atoms with E-state index in [4.69, 9.17) is 4.74 Å². The highest BCUT2D eigenvalue weighted by molar-refractivity contribution is 5.20. The minimum atomic E-state index is 0.433. The van der Waals surface area contributed by atoms with Crippen LogP contribution in [0, 0.1) is 0 Å². The van der Waals surface area contributed by atoms with Gasteiger partial charge < -0.3 is 4.74 Å². The van der Waals surface area contributed by atoms with E-state index in [9.17, 15) is 0 Å². The first kappa shape index (κ1) is 13.0. The maximum Gasteiger partial charge on any atom is 0.128 e. The van der Waals surface area contributed by atoms with Crippen LogP contribution in [0.1, 0.15) is 43.3 Å². The number of fused-ring (bicyclic) bond motifs is 1. The zero-order chi connectivity index (χ0) is 13.1. The lowest BCUT2D eigenvalue weighted by Crippen LogP contribution is -2.39. The van der Waals surface area contributed by atoms with E-state index in [0.717, 1.165) is 44.9 Å². The summed E-state index contributed by atoms with van der Waals surface area (Å²) in [4.78, 5) is 11.6. The summed E-state index contributed by atoms with van der Waals surface area (Å²) in [5.74, 6) is 0.967. The van der Waals surface area contributed by atoms with E-state index >= 15 is 0 Å². The molecule has 0 aromatic carbocycles. The summed E-state index contributed by atoms with van der Waals surface area (Å²) in [6.45, 7) is 6.19. The molecule has 4 nitrogen and oxygen atoms in total. The minimum Gasteiger partial charge on any atom is -0.377 e. The lowest BCUT2D eigenvalue weighted by molar-refractivity contribution is -0.00829. The fraction of sp³-hybridized carbons (Fsp3) is 0.733. The van der Waals surface area contributed by atoms with E-state index in [2.05, 4.69) is 21.8 Å². The highest BCUT2D eigenvalue weighted by Gasteiger charge is 2.22. The Hall–Kier alpha value is -1.00. The van der Waals surface area contributed by atoms with Crippen molar-refractivity contribution in [2.45, 2.75) is 51.7 Å². The third-order valence-electron chi connectivity index (χ3n) is 4.13. The van der Waals surface area contributed by atoms with Gasteiger partial charge in [0.05, 0.1) is 11.8 Å². The highest BCUT2D eigenvalue weighted by atomic mass is 16.5. The molecule has 3 rings (SSSR count). The van der Waals surface area contributed by atoms with Crippen molar-refractivity contribution in [3.05, 3.63) is 23.3 Å². The van der Waals surface area contributed by atoms with Gasteiger partial charge in [-0.1, -0.05) is 6.92 Å². The van der Waals surface area contributed by atoms with E-state index in [0.29, 0.717) is 6.10 Å². The molecule has 1 aromatic heterocycles. The van der Waals surface area contributed by atoms with Gasteiger partial charge in [0, 0.05) is 38.9 Å². The normalized spacial score (nSPS) is 24.2. The van der Waals surface area contributed by atoms with Crippen molar-refractivity contribution >= 4 is 0 Å². The van der Waals surface area contributed by atoms with Gasteiger partial charge in [0.1, 0.15) is 5.82 Å². The molecule has 19 heavy (non-hydrogen) atoms. The van der Waals surface area contributed by atoms with Crippen molar-refractivity contribution in [3.63, 3.8) is 0 Å². The van der Waals surface area contributed by atoms with Crippen LogP contribution in [0.15, 0.2) is 6.20 Å². The molecule has 0 radical (unpaired) electrons. The molecule has 4 heteroatoms. The van der Waals surface area contributed by atoms with Gasteiger partial charge >= 0.3 is 0 Å². The molecule has 0 saturated carbocycles. The number of aryl methyl sites for hydroxylation is 1. The van der Waals surface area contributed by atoms with Crippen molar-refractivity contribution in [2.75, 3.05) is 19.7 Å². The molecule has 2 aliphatic heterocycles. The molecule has 104 valence electrons. The molecule has 0 spiro atoms. The molecule has 0 aliphatic carbocycles. The standard InChI is InChI=1S/C15H23N3O/c1-2-15-16-9-12-6-7-18(11-14(12)17-15)10-13-5-3-4-8-19-13/h9,13H,2-8,10-11H2,1H3/t13-/m0/s1. The smallest absolute Gasteiger partial charge is 0.128 e. The van der Waals surface area contributed by atoms with Gasteiger partial charge in [0.15, 0.2) is 0 Å². The first-order chi connectivity index (χ1) is 9.35. The van der Waals surface area contributed by atoms with Crippen LogP contribution in [0.5, 0.6) is 0 Å². The van der Waals surface area contributed by atoms with Crippen LogP contribution in [0.25, 0.3) is 0 Å². The number of hydrogen-bond acceptors (Lipinski definition) is 4. The number of hydrogen-bond donors (Lipinski definition) is 0. The molecule has 1 atom stereocenters. The van der Waals surface area contributed by atoms with Gasteiger partial charge in [0.25, 0.3) is 0 Å². The number of rotatable bonds is 3. The van der Waals surface area contributed by atoms with Crippen LogP contribution >= 0.6 is 0 Å². The van der Waals surface area contributed by atoms with Gasteiger partial charge in [0.2, 0.25) is 0 Å². The summed E-state index contributed by atoms with van der Waals surface area (Å²) < 4.78 is 5.84. The maximum absolute atomic E-state index is 5.84. The van der Waals surface area contributed by atoms with Crippen molar-refractivity contribution in [3.8, 4) is 0 Å². The van der Waals surface area contributed by atoms with Crippen molar-refractivity contribution in [1.29, 1.82) is 0 Å². The maximum atomic E-state index is 5.84. The molecular formula is C15H23N3O. The minimum absolute atomic E-state index is 0.433. The molecule has 0 amide bonds. The Morgan fingerprint density at radius 1 is 1.42 bits per heavy atom. The van der Waals surface area contributed by atoms with Crippen molar-refractivity contribution in [1.82, 2.24) is 14.9 Å². The molecule has 3 heterocycles. The van der Waals surface area contributed by atoms with Crippen LogP contribution in [0.4, 0.5) is 0 Å². The van der Waals surface area contributed by atoms with Gasteiger partial charge in [-0.05, 0) is 31.2 Å². The highest BCUT2D eigenvalue weighted by Crippen LogP contribution is 2.20. The molecule has 1 saturated heterocycles. The van der Waals surface area contributed by atoms with Gasteiger partial charge in [-0.2, -0.15) is 0 Å². The van der Waals surface area contributed by atoms with Crippen molar-refractivity contribution < 1.29 is 4.74 Å². The van der Waals surface area contributed by atoms with E-state index in [1.165, 1.54) is 30.5 Å². The third-order valence-corrected chi connectivity index (χ3v) is 4.13. The monoisotopic (exact) mass is 261 g/mol. The molecule has 1 aromatic rings. The Kier molecular flexibility index (Phi) is 4.09. The van der Waals surface area contributed by atoms with Crippen LogP contribution in [-0.4, -0.2) is 40.7 Å². The Labute approximate surface area is 115 Å². The van der Waals surface area contributed by atoms with Crippen LogP contribution in [-0.2, 0) is 24.1 Å². The lowest BCUT2D eigenvalue weighted by Gasteiger charge is -2.32. The second-order valence-corrected chi connectivity index (χ2v) is 5.59. The average Bonchev–Trinajstić information content (AvgIpc) is 2.47. The van der Waals surface area contributed by atoms with Crippen LogP contribution in [0.3, 0.4) is 0 Å². The van der Waals surface area contributed by atoms with Gasteiger partial charge in [-0.3, -0.25) is 4.90 Å². The fourth-order valence-electron chi connectivity index (χ4n) is 2.96. The zero-order valence-corrected chi connectivity index (χ0v) is 11.8. The number of ether oxygens (including phenoxy) is 1. The van der Waals surface area contributed by atoms with E-state index in [1.807, 2.05) is 6.20 Å². The summed E-state index contributed by atoms with van der Waals surface area (Å²) in [5, 5.41) is 0. The third kappa shape index (κ3) is 3.12. The summed E-state index contributed by atoms with van der Waals surface area (Å²) >= 11 is 0. The summed E-state index contributed by atoms with van der Waals surface area (Å²) in [6, 6.07) is 0. The summed E-state index contributed by atoms with van der Waals surface area (Å²) in [7, 11) is 0. The van der Waals surface area contributed by atoms with E-state index in [1.54, 1.807) is 0 Å².